The van der Waals surface area contributed by atoms with Crippen molar-refractivity contribution in [2.45, 2.75) is 38.0 Å². The summed E-state index contributed by atoms with van der Waals surface area (Å²) in [5.41, 5.74) is 2.26. The fourth-order valence-electron chi connectivity index (χ4n) is 3.46. The largest absolute Gasteiger partial charge is 0.449 e. The van der Waals surface area contributed by atoms with Crippen LogP contribution in [0.1, 0.15) is 30.9 Å². The van der Waals surface area contributed by atoms with E-state index in [2.05, 4.69) is 12.1 Å². The molecule has 0 aromatic heterocycles. The number of ether oxygens (including phenoxy) is 1. The Morgan fingerprint density at radius 3 is 2.39 bits per heavy atom. The monoisotopic (exact) mass is 401 g/mol. The average Bonchev–Trinajstić information content (AvgIpc) is 3.41. The maximum atomic E-state index is 13.0. The van der Waals surface area contributed by atoms with Gasteiger partial charge in [0.25, 0.3) is 10.0 Å². The lowest BCUT2D eigenvalue weighted by molar-refractivity contribution is 0.130. The Morgan fingerprint density at radius 1 is 1.07 bits per heavy atom. The van der Waals surface area contributed by atoms with Crippen LogP contribution >= 0.6 is 0 Å². The van der Waals surface area contributed by atoms with Crippen molar-refractivity contribution in [2.75, 3.05) is 13.2 Å². The molecule has 0 spiro atoms. The predicted molar refractivity (Wildman–Crippen MR) is 108 cm³/mol. The van der Waals surface area contributed by atoms with E-state index in [9.17, 15) is 13.2 Å². The van der Waals surface area contributed by atoms with Gasteiger partial charge in [-0.3, -0.25) is 0 Å². The lowest BCUT2D eigenvalue weighted by atomic mass is 10.1. The standard InChI is InChI=1S/C22H27NO4S/c1-3-27-22(24)23(28(25,26)21-11-9-17(2)10-12-21)14-13-19-16-20(19)15-18-7-5-4-6-8-18/h4-12,19-20H,3,13-16H2,1-2H3/t19?,20-/m1/s1. The van der Waals surface area contributed by atoms with Gasteiger partial charge in [-0.25, -0.2) is 17.5 Å². The number of aryl methyl sites for hydroxylation is 1. The number of nitrogens with zero attached hydrogens (tertiary/aromatic N) is 1. The van der Waals surface area contributed by atoms with Gasteiger partial charge in [0, 0.05) is 6.54 Å². The highest BCUT2D eigenvalue weighted by Gasteiger charge is 2.39. The third kappa shape index (κ3) is 4.93. The van der Waals surface area contributed by atoms with Crippen molar-refractivity contribution in [3.8, 4) is 0 Å². The van der Waals surface area contributed by atoms with Gasteiger partial charge in [0.15, 0.2) is 0 Å². The van der Waals surface area contributed by atoms with E-state index in [1.54, 1.807) is 19.1 Å². The van der Waals surface area contributed by atoms with E-state index in [1.165, 1.54) is 17.7 Å². The van der Waals surface area contributed by atoms with Crippen LogP contribution in [0, 0.1) is 18.8 Å². The van der Waals surface area contributed by atoms with Crippen LogP contribution in [-0.4, -0.2) is 32.0 Å². The van der Waals surface area contributed by atoms with Crippen LogP contribution in [0.5, 0.6) is 0 Å². The lowest BCUT2D eigenvalue weighted by Crippen LogP contribution is -2.38. The molecule has 1 amide bonds. The average molecular weight is 402 g/mol. The van der Waals surface area contributed by atoms with Gasteiger partial charge < -0.3 is 4.74 Å². The molecule has 150 valence electrons. The zero-order chi connectivity index (χ0) is 20.1. The fourth-order valence-corrected chi connectivity index (χ4v) is 4.79. The van der Waals surface area contributed by atoms with Gasteiger partial charge in [0.1, 0.15) is 0 Å². The highest BCUT2D eigenvalue weighted by molar-refractivity contribution is 7.89. The number of carbonyl (C=O) groups is 1. The summed E-state index contributed by atoms with van der Waals surface area (Å²) in [5.74, 6) is 0.985. The highest BCUT2D eigenvalue weighted by atomic mass is 32.2. The number of rotatable bonds is 8. The van der Waals surface area contributed by atoms with Crippen molar-refractivity contribution in [1.29, 1.82) is 0 Å². The fraction of sp³-hybridized carbons (Fsp3) is 0.409. The Bertz CT molecular complexity index is 894. The quantitative estimate of drug-likeness (QED) is 0.657. The first-order valence-electron chi connectivity index (χ1n) is 9.72. The second-order valence-corrected chi connectivity index (χ2v) is 9.19. The van der Waals surface area contributed by atoms with Crippen LogP contribution < -0.4 is 0 Å². The van der Waals surface area contributed by atoms with Gasteiger partial charge in [-0.15, -0.1) is 0 Å². The summed E-state index contributed by atoms with van der Waals surface area (Å²) >= 11 is 0. The van der Waals surface area contributed by atoms with Crippen molar-refractivity contribution >= 4 is 16.1 Å². The molecule has 1 saturated carbocycles. The summed E-state index contributed by atoms with van der Waals surface area (Å²) < 4.78 is 31.9. The normalized spacial score (nSPS) is 18.5. The van der Waals surface area contributed by atoms with E-state index < -0.39 is 16.1 Å². The van der Waals surface area contributed by atoms with Crippen LogP contribution in [0.25, 0.3) is 0 Å². The van der Waals surface area contributed by atoms with Gasteiger partial charge in [-0.2, -0.15) is 0 Å². The van der Waals surface area contributed by atoms with Crippen LogP contribution in [0.3, 0.4) is 0 Å². The molecule has 5 nitrogen and oxygen atoms in total. The zero-order valence-corrected chi connectivity index (χ0v) is 17.2. The van der Waals surface area contributed by atoms with Crippen LogP contribution in [0.2, 0.25) is 0 Å². The molecule has 2 atom stereocenters. The minimum atomic E-state index is -3.92. The molecule has 1 fully saturated rings. The molecule has 1 aliphatic rings. The summed E-state index contributed by atoms with van der Waals surface area (Å²) in [6, 6.07) is 16.8. The van der Waals surface area contributed by atoms with Crippen molar-refractivity contribution in [3.63, 3.8) is 0 Å². The van der Waals surface area contributed by atoms with Gasteiger partial charge in [0.2, 0.25) is 0 Å². The van der Waals surface area contributed by atoms with Crippen LogP contribution in [0.4, 0.5) is 4.79 Å². The first-order chi connectivity index (χ1) is 13.4. The predicted octanol–water partition coefficient (Wildman–Crippen LogP) is 4.41. The third-order valence-electron chi connectivity index (χ3n) is 5.19. The van der Waals surface area contributed by atoms with Crippen molar-refractivity contribution in [3.05, 3.63) is 65.7 Å². The van der Waals surface area contributed by atoms with E-state index in [-0.39, 0.29) is 18.0 Å². The SMILES string of the molecule is CCOC(=O)N(CCC1C[C@H]1Cc1ccccc1)S(=O)(=O)c1ccc(C)cc1. The first kappa shape index (κ1) is 20.4. The zero-order valence-electron chi connectivity index (χ0n) is 16.4. The number of hydrogen-bond acceptors (Lipinski definition) is 4. The summed E-state index contributed by atoms with van der Waals surface area (Å²) in [5, 5.41) is 0. The molecule has 0 N–H and O–H groups in total. The van der Waals surface area contributed by atoms with Crippen molar-refractivity contribution in [1.82, 2.24) is 4.31 Å². The lowest BCUT2D eigenvalue weighted by Gasteiger charge is -2.22. The number of hydrogen-bond donors (Lipinski definition) is 0. The molecule has 2 aromatic carbocycles. The number of sulfonamides is 1. The Hall–Kier alpha value is -2.34. The van der Waals surface area contributed by atoms with Gasteiger partial charge >= 0.3 is 6.09 Å². The topological polar surface area (TPSA) is 63.7 Å². The van der Waals surface area contributed by atoms with Gasteiger partial charge in [0.05, 0.1) is 11.5 Å². The van der Waals surface area contributed by atoms with Crippen molar-refractivity contribution in [2.24, 2.45) is 11.8 Å². The maximum Gasteiger partial charge on any atom is 0.423 e. The van der Waals surface area contributed by atoms with Gasteiger partial charge in [-0.05, 0) is 62.6 Å². The summed E-state index contributed by atoms with van der Waals surface area (Å²) in [6.45, 7) is 3.84. The Kier molecular flexibility index (Phi) is 6.39. The first-order valence-corrected chi connectivity index (χ1v) is 11.2. The molecule has 0 saturated heterocycles. The molecule has 1 unspecified atom stereocenters. The van der Waals surface area contributed by atoms with Crippen LogP contribution in [-0.2, 0) is 21.2 Å². The molecule has 1 aliphatic carbocycles. The highest BCUT2D eigenvalue weighted by Crippen LogP contribution is 2.43. The molecular formula is C22H27NO4S. The molecule has 0 heterocycles. The Labute approximate surface area is 167 Å². The second kappa shape index (κ2) is 8.78. The molecule has 0 radical (unpaired) electrons. The Morgan fingerprint density at radius 2 is 1.75 bits per heavy atom. The Balaban J connectivity index is 1.66. The molecule has 2 aromatic rings. The molecule has 0 aliphatic heterocycles. The second-order valence-electron chi connectivity index (χ2n) is 7.32. The van der Waals surface area contributed by atoms with E-state index in [0.29, 0.717) is 18.3 Å². The molecular weight excluding hydrogens is 374 g/mol. The smallest absolute Gasteiger partial charge is 0.423 e. The number of carbonyl (C=O) groups excluding carboxylic acids is 1. The van der Waals surface area contributed by atoms with E-state index in [0.717, 1.165) is 22.7 Å². The van der Waals surface area contributed by atoms with E-state index in [4.69, 9.17) is 4.74 Å². The maximum absolute atomic E-state index is 13.0. The van der Waals surface area contributed by atoms with Crippen molar-refractivity contribution < 1.29 is 17.9 Å². The third-order valence-corrected chi connectivity index (χ3v) is 6.97. The summed E-state index contributed by atoms with van der Waals surface area (Å²) in [6.07, 6.45) is 1.91. The van der Waals surface area contributed by atoms with E-state index in [1.807, 2.05) is 25.1 Å². The molecule has 28 heavy (non-hydrogen) atoms. The molecule has 6 heteroatoms. The van der Waals surface area contributed by atoms with Crippen LogP contribution in [0.15, 0.2) is 59.5 Å². The van der Waals surface area contributed by atoms with Gasteiger partial charge in [-0.1, -0.05) is 48.0 Å². The minimum absolute atomic E-state index is 0.114. The molecule has 0 bridgehead atoms. The van der Waals surface area contributed by atoms with E-state index >= 15 is 0 Å². The minimum Gasteiger partial charge on any atom is -0.449 e. The summed E-state index contributed by atoms with van der Waals surface area (Å²) in [7, 11) is -3.92. The molecule has 3 rings (SSSR count). The number of benzene rings is 2. The summed E-state index contributed by atoms with van der Waals surface area (Å²) in [4.78, 5) is 12.5. The number of amides is 1.